The molecule has 0 saturated carbocycles. The second-order valence-corrected chi connectivity index (χ2v) is 4.77. The number of benzene rings is 1. The summed E-state index contributed by atoms with van der Waals surface area (Å²) in [5, 5.41) is 1.06. The second kappa shape index (κ2) is 5.37. The molecule has 3 rings (SSSR count). The highest BCUT2D eigenvalue weighted by molar-refractivity contribution is 5.83. The maximum atomic E-state index is 5.90. The van der Waals surface area contributed by atoms with Gasteiger partial charge in [-0.1, -0.05) is 37.3 Å². The maximum Gasteiger partial charge on any atom is 0.220 e. The molecule has 0 radical (unpaired) electrons. The third kappa shape index (κ3) is 2.27. The van der Waals surface area contributed by atoms with Crippen LogP contribution in [0.2, 0.25) is 0 Å². The number of fused-ring (bicyclic) bond motifs is 1. The molecule has 0 aliphatic heterocycles. The van der Waals surface area contributed by atoms with Crippen LogP contribution in [0.4, 0.5) is 0 Å². The van der Waals surface area contributed by atoms with Crippen molar-refractivity contribution >= 4 is 11.0 Å². The van der Waals surface area contributed by atoms with Crippen LogP contribution in [0, 0.1) is 6.92 Å². The van der Waals surface area contributed by atoms with Crippen LogP contribution >= 0.6 is 0 Å². The molecular formula is C17H17NO2. The van der Waals surface area contributed by atoms with Gasteiger partial charge in [-0.05, 0) is 25.0 Å². The molecule has 3 aromatic rings. The average molecular weight is 267 g/mol. The number of pyridine rings is 1. The lowest BCUT2D eigenvalue weighted by Gasteiger charge is -2.11. The predicted octanol–water partition coefficient (Wildman–Crippen LogP) is 4.28. The summed E-state index contributed by atoms with van der Waals surface area (Å²) < 4.78 is 11.5. The minimum atomic E-state index is 0.520. The van der Waals surface area contributed by atoms with Gasteiger partial charge in [0.1, 0.15) is 12.2 Å². The molecule has 0 aliphatic rings. The minimum Gasteiger partial charge on any atom is -0.472 e. The Balaban J connectivity index is 1.94. The van der Waals surface area contributed by atoms with Crippen molar-refractivity contribution in [2.45, 2.75) is 26.9 Å². The predicted molar refractivity (Wildman–Crippen MR) is 78.9 cm³/mol. The minimum absolute atomic E-state index is 0.520. The van der Waals surface area contributed by atoms with E-state index in [2.05, 4.69) is 11.9 Å². The summed E-state index contributed by atoms with van der Waals surface area (Å²) in [5.41, 5.74) is 4.00. The van der Waals surface area contributed by atoms with E-state index in [9.17, 15) is 0 Å². The average Bonchev–Trinajstić information content (AvgIpc) is 2.96. The smallest absolute Gasteiger partial charge is 0.220 e. The van der Waals surface area contributed by atoms with Gasteiger partial charge in [-0.25, -0.2) is 4.98 Å². The molecule has 2 aromatic heterocycles. The lowest BCUT2D eigenvalue weighted by atomic mass is 10.1. The van der Waals surface area contributed by atoms with E-state index in [1.807, 2.05) is 43.3 Å². The van der Waals surface area contributed by atoms with Crippen molar-refractivity contribution in [1.82, 2.24) is 4.98 Å². The second-order valence-electron chi connectivity index (χ2n) is 4.77. The van der Waals surface area contributed by atoms with Gasteiger partial charge in [0.05, 0.1) is 17.5 Å². The molecule has 0 N–H and O–H groups in total. The first-order valence-electron chi connectivity index (χ1n) is 6.83. The molecule has 20 heavy (non-hydrogen) atoms. The van der Waals surface area contributed by atoms with E-state index in [0.29, 0.717) is 12.5 Å². The Morgan fingerprint density at radius 2 is 1.95 bits per heavy atom. The molecule has 1 aromatic carbocycles. The normalized spacial score (nSPS) is 10.9. The third-order valence-electron chi connectivity index (χ3n) is 3.43. The Labute approximate surface area is 118 Å². The first-order chi connectivity index (χ1) is 9.79. The van der Waals surface area contributed by atoms with Gasteiger partial charge in [0, 0.05) is 5.39 Å². The zero-order valence-electron chi connectivity index (χ0n) is 11.7. The van der Waals surface area contributed by atoms with Crippen LogP contribution in [0.1, 0.15) is 23.7 Å². The van der Waals surface area contributed by atoms with Crippen molar-refractivity contribution < 1.29 is 9.15 Å². The summed E-state index contributed by atoms with van der Waals surface area (Å²) in [5.74, 6) is 0.677. The fourth-order valence-corrected chi connectivity index (χ4v) is 2.36. The van der Waals surface area contributed by atoms with Crippen LogP contribution in [-0.4, -0.2) is 4.98 Å². The standard InChI is InChI=1S/C17H17NO2/c1-3-14-16-15(9-10-19-16)12(2)18-17(14)20-11-13-7-5-4-6-8-13/h4-10H,3,11H2,1-2H3. The van der Waals surface area contributed by atoms with Crippen molar-refractivity contribution in [1.29, 1.82) is 0 Å². The fourth-order valence-electron chi connectivity index (χ4n) is 2.36. The number of aromatic nitrogens is 1. The molecule has 0 atom stereocenters. The van der Waals surface area contributed by atoms with Crippen molar-refractivity contribution in [2.75, 3.05) is 0 Å². The zero-order chi connectivity index (χ0) is 13.9. The number of furan rings is 1. The van der Waals surface area contributed by atoms with Gasteiger partial charge < -0.3 is 9.15 Å². The Morgan fingerprint density at radius 1 is 1.15 bits per heavy atom. The van der Waals surface area contributed by atoms with Crippen LogP contribution in [0.5, 0.6) is 5.88 Å². The van der Waals surface area contributed by atoms with Crippen LogP contribution in [0.15, 0.2) is 47.1 Å². The molecule has 2 heterocycles. The highest BCUT2D eigenvalue weighted by Gasteiger charge is 2.14. The van der Waals surface area contributed by atoms with E-state index >= 15 is 0 Å². The monoisotopic (exact) mass is 267 g/mol. The van der Waals surface area contributed by atoms with E-state index in [0.717, 1.165) is 34.2 Å². The van der Waals surface area contributed by atoms with E-state index in [4.69, 9.17) is 9.15 Å². The highest BCUT2D eigenvalue weighted by Crippen LogP contribution is 2.30. The van der Waals surface area contributed by atoms with E-state index < -0.39 is 0 Å². The van der Waals surface area contributed by atoms with Crippen LogP contribution < -0.4 is 4.74 Å². The number of hydrogen-bond donors (Lipinski definition) is 0. The van der Waals surface area contributed by atoms with Crippen LogP contribution in [-0.2, 0) is 13.0 Å². The molecular weight excluding hydrogens is 250 g/mol. The van der Waals surface area contributed by atoms with Gasteiger partial charge in [-0.3, -0.25) is 0 Å². The third-order valence-corrected chi connectivity index (χ3v) is 3.43. The Morgan fingerprint density at radius 3 is 2.70 bits per heavy atom. The lowest BCUT2D eigenvalue weighted by Crippen LogP contribution is -2.02. The summed E-state index contributed by atoms with van der Waals surface area (Å²) in [6, 6.07) is 12.1. The first kappa shape index (κ1) is 12.7. The highest BCUT2D eigenvalue weighted by atomic mass is 16.5. The molecule has 0 saturated heterocycles. The SMILES string of the molecule is CCc1c(OCc2ccccc2)nc(C)c2ccoc12. The quantitative estimate of drug-likeness (QED) is 0.707. The van der Waals surface area contributed by atoms with Crippen molar-refractivity contribution in [3.8, 4) is 5.88 Å². The van der Waals surface area contributed by atoms with Crippen molar-refractivity contribution in [3.63, 3.8) is 0 Å². The molecule has 0 aliphatic carbocycles. The molecule has 0 amide bonds. The Kier molecular flexibility index (Phi) is 3.42. The number of ether oxygens (including phenoxy) is 1. The number of nitrogens with zero attached hydrogens (tertiary/aromatic N) is 1. The number of hydrogen-bond acceptors (Lipinski definition) is 3. The summed E-state index contributed by atoms with van der Waals surface area (Å²) in [7, 11) is 0. The lowest BCUT2D eigenvalue weighted by molar-refractivity contribution is 0.290. The summed E-state index contributed by atoms with van der Waals surface area (Å²) in [6.07, 6.45) is 2.54. The zero-order valence-corrected chi connectivity index (χ0v) is 11.7. The summed E-state index contributed by atoms with van der Waals surface area (Å²) in [6.45, 7) is 4.59. The Bertz CT molecular complexity index is 716. The topological polar surface area (TPSA) is 35.3 Å². The van der Waals surface area contributed by atoms with Gasteiger partial charge in [-0.2, -0.15) is 0 Å². The fraction of sp³-hybridized carbons (Fsp3) is 0.235. The molecule has 0 bridgehead atoms. The first-order valence-corrected chi connectivity index (χ1v) is 6.83. The molecule has 3 heteroatoms. The van der Waals surface area contributed by atoms with E-state index in [-0.39, 0.29) is 0 Å². The van der Waals surface area contributed by atoms with Crippen LogP contribution in [0.3, 0.4) is 0 Å². The van der Waals surface area contributed by atoms with E-state index in [1.165, 1.54) is 0 Å². The Hall–Kier alpha value is -2.29. The van der Waals surface area contributed by atoms with E-state index in [1.54, 1.807) is 6.26 Å². The molecule has 0 spiro atoms. The van der Waals surface area contributed by atoms with Crippen molar-refractivity contribution in [2.24, 2.45) is 0 Å². The number of rotatable bonds is 4. The summed E-state index contributed by atoms with van der Waals surface area (Å²) >= 11 is 0. The molecule has 3 nitrogen and oxygen atoms in total. The van der Waals surface area contributed by atoms with Gasteiger partial charge in [0.15, 0.2) is 0 Å². The molecule has 0 fully saturated rings. The summed E-state index contributed by atoms with van der Waals surface area (Å²) in [4.78, 5) is 4.58. The largest absolute Gasteiger partial charge is 0.472 e. The number of aryl methyl sites for hydroxylation is 2. The molecule has 102 valence electrons. The van der Waals surface area contributed by atoms with Gasteiger partial charge in [0.25, 0.3) is 0 Å². The van der Waals surface area contributed by atoms with Crippen LogP contribution in [0.25, 0.3) is 11.0 Å². The van der Waals surface area contributed by atoms with Crippen molar-refractivity contribution in [3.05, 3.63) is 59.5 Å². The van der Waals surface area contributed by atoms with Gasteiger partial charge in [-0.15, -0.1) is 0 Å². The van der Waals surface area contributed by atoms with Gasteiger partial charge >= 0.3 is 0 Å². The van der Waals surface area contributed by atoms with Gasteiger partial charge in [0.2, 0.25) is 5.88 Å². The maximum absolute atomic E-state index is 5.90. The molecule has 0 unspecified atom stereocenters.